The van der Waals surface area contributed by atoms with Gasteiger partial charge in [-0.1, -0.05) is 28.1 Å². The summed E-state index contributed by atoms with van der Waals surface area (Å²) in [6.45, 7) is 2.27. The van der Waals surface area contributed by atoms with Crippen molar-refractivity contribution in [2.75, 3.05) is 5.73 Å². The van der Waals surface area contributed by atoms with Crippen molar-refractivity contribution in [3.05, 3.63) is 57.6 Å². The minimum atomic E-state index is -0.328. The first-order valence-corrected chi connectivity index (χ1v) is 6.89. The summed E-state index contributed by atoms with van der Waals surface area (Å²) in [5.74, 6) is -0.374. The molecule has 0 saturated carbocycles. The van der Waals surface area contributed by atoms with E-state index >= 15 is 0 Å². The number of hydrogen-bond donors (Lipinski definition) is 3. The Bertz CT molecular complexity index is 656. The van der Waals surface area contributed by atoms with Crippen LogP contribution in [0.1, 0.15) is 21.5 Å². The number of amides is 1. The van der Waals surface area contributed by atoms with Crippen molar-refractivity contribution < 1.29 is 9.90 Å². The molecular formula is C15H15BrN2O2. The van der Waals surface area contributed by atoms with Crippen molar-refractivity contribution in [3.8, 4) is 5.75 Å². The zero-order valence-corrected chi connectivity index (χ0v) is 12.6. The van der Waals surface area contributed by atoms with Crippen LogP contribution in [0.5, 0.6) is 5.75 Å². The van der Waals surface area contributed by atoms with Crippen molar-refractivity contribution >= 4 is 27.5 Å². The van der Waals surface area contributed by atoms with Gasteiger partial charge in [-0.25, -0.2) is 0 Å². The molecule has 0 aliphatic heterocycles. The first-order chi connectivity index (χ1) is 9.49. The van der Waals surface area contributed by atoms with Crippen molar-refractivity contribution in [1.29, 1.82) is 0 Å². The van der Waals surface area contributed by atoms with E-state index in [0.29, 0.717) is 12.2 Å². The van der Waals surface area contributed by atoms with E-state index < -0.39 is 0 Å². The number of aromatic hydroxyl groups is 1. The van der Waals surface area contributed by atoms with Crippen molar-refractivity contribution in [2.24, 2.45) is 0 Å². The quantitative estimate of drug-likeness (QED) is 0.755. The minimum Gasteiger partial charge on any atom is -0.507 e. The van der Waals surface area contributed by atoms with E-state index in [1.165, 1.54) is 6.07 Å². The van der Waals surface area contributed by atoms with Gasteiger partial charge in [-0.05, 0) is 42.3 Å². The molecule has 2 rings (SSSR count). The molecule has 0 radical (unpaired) electrons. The molecule has 5 heteroatoms. The Kier molecular flexibility index (Phi) is 4.29. The average Bonchev–Trinajstić information content (AvgIpc) is 2.43. The summed E-state index contributed by atoms with van der Waals surface area (Å²) in [6, 6.07) is 10.3. The lowest BCUT2D eigenvalue weighted by molar-refractivity contribution is 0.0948. The van der Waals surface area contributed by atoms with Crippen LogP contribution in [0.4, 0.5) is 5.69 Å². The smallest absolute Gasteiger partial charge is 0.255 e. The minimum absolute atomic E-state index is 0.0463. The molecule has 0 aliphatic carbocycles. The van der Waals surface area contributed by atoms with E-state index in [-0.39, 0.29) is 17.2 Å². The number of nitrogens with one attached hydrogen (secondary N) is 1. The largest absolute Gasteiger partial charge is 0.507 e. The number of anilines is 1. The second kappa shape index (κ2) is 5.96. The fraction of sp³-hybridized carbons (Fsp3) is 0.133. The maximum atomic E-state index is 12.1. The third-order valence-corrected chi connectivity index (χ3v) is 3.62. The third kappa shape index (κ3) is 3.11. The second-order valence-electron chi connectivity index (χ2n) is 4.48. The number of phenols is 1. The Morgan fingerprint density at radius 1 is 1.35 bits per heavy atom. The summed E-state index contributed by atoms with van der Waals surface area (Å²) >= 11 is 3.27. The molecule has 0 heterocycles. The van der Waals surface area contributed by atoms with Crippen LogP contribution in [0.2, 0.25) is 0 Å². The van der Waals surface area contributed by atoms with Crippen LogP contribution >= 0.6 is 15.9 Å². The molecule has 4 N–H and O–H groups in total. The molecule has 0 spiro atoms. The van der Waals surface area contributed by atoms with Crippen molar-refractivity contribution in [1.82, 2.24) is 5.32 Å². The highest BCUT2D eigenvalue weighted by Crippen LogP contribution is 2.22. The van der Waals surface area contributed by atoms with Gasteiger partial charge in [-0.2, -0.15) is 0 Å². The zero-order chi connectivity index (χ0) is 14.7. The van der Waals surface area contributed by atoms with Crippen LogP contribution in [0.15, 0.2) is 40.9 Å². The number of benzene rings is 2. The maximum Gasteiger partial charge on any atom is 0.255 e. The van der Waals surface area contributed by atoms with Crippen LogP contribution in [-0.2, 0) is 6.54 Å². The molecule has 2 aromatic carbocycles. The molecular weight excluding hydrogens is 320 g/mol. The van der Waals surface area contributed by atoms with Gasteiger partial charge in [0.1, 0.15) is 5.75 Å². The average molecular weight is 335 g/mol. The van der Waals surface area contributed by atoms with Crippen LogP contribution < -0.4 is 11.1 Å². The van der Waals surface area contributed by atoms with Crippen LogP contribution in [0.25, 0.3) is 0 Å². The molecule has 2 aromatic rings. The fourth-order valence-electron chi connectivity index (χ4n) is 1.86. The zero-order valence-electron chi connectivity index (χ0n) is 11.0. The van der Waals surface area contributed by atoms with Crippen LogP contribution in [0, 0.1) is 6.92 Å². The van der Waals surface area contributed by atoms with Gasteiger partial charge in [0.25, 0.3) is 5.91 Å². The molecule has 0 atom stereocenters. The number of halogens is 1. The SMILES string of the molecule is Cc1c(N)cccc1CNC(=O)c1cc(Br)ccc1O. The lowest BCUT2D eigenvalue weighted by Gasteiger charge is -2.10. The number of nitrogen functional groups attached to an aromatic ring is 1. The molecule has 1 amide bonds. The summed E-state index contributed by atoms with van der Waals surface area (Å²) in [5, 5.41) is 12.5. The normalized spacial score (nSPS) is 10.3. The van der Waals surface area contributed by atoms with Gasteiger partial charge in [0.2, 0.25) is 0 Å². The third-order valence-electron chi connectivity index (χ3n) is 3.13. The number of rotatable bonds is 3. The predicted octanol–water partition coefficient (Wildman–Crippen LogP) is 2.98. The molecule has 20 heavy (non-hydrogen) atoms. The lowest BCUT2D eigenvalue weighted by Crippen LogP contribution is -2.23. The first kappa shape index (κ1) is 14.4. The standard InChI is InChI=1S/C15H15BrN2O2/c1-9-10(3-2-4-13(9)17)8-18-15(20)12-7-11(16)5-6-14(12)19/h2-7,19H,8,17H2,1H3,(H,18,20). The molecule has 104 valence electrons. The highest BCUT2D eigenvalue weighted by Gasteiger charge is 2.12. The number of carbonyl (C=O) groups excluding carboxylic acids is 1. The van der Waals surface area contributed by atoms with Gasteiger partial charge in [0, 0.05) is 16.7 Å². The van der Waals surface area contributed by atoms with Gasteiger partial charge in [0.15, 0.2) is 0 Å². The van der Waals surface area contributed by atoms with Gasteiger partial charge < -0.3 is 16.2 Å². The van der Waals surface area contributed by atoms with Gasteiger partial charge in [0.05, 0.1) is 5.56 Å². The van der Waals surface area contributed by atoms with E-state index in [4.69, 9.17) is 5.73 Å². The van der Waals surface area contributed by atoms with E-state index in [1.54, 1.807) is 12.1 Å². The van der Waals surface area contributed by atoms with Gasteiger partial charge in [-0.3, -0.25) is 4.79 Å². The van der Waals surface area contributed by atoms with E-state index in [1.807, 2.05) is 25.1 Å². The molecule has 4 nitrogen and oxygen atoms in total. The fourth-order valence-corrected chi connectivity index (χ4v) is 2.22. The molecule has 0 aromatic heterocycles. The number of phenolic OH excluding ortho intramolecular Hbond substituents is 1. The van der Waals surface area contributed by atoms with Crippen molar-refractivity contribution in [3.63, 3.8) is 0 Å². The number of nitrogens with two attached hydrogens (primary N) is 1. The summed E-state index contributed by atoms with van der Waals surface area (Å²) in [4.78, 5) is 12.1. The monoisotopic (exact) mass is 334 g/mol. The Morgan fingerprint density at radius 2 is 2.10 bits per heavy atom. The highest BCUT2D eigenvalue weighted by molar-refractivity contribution is 9.10. The topological polar surface area (TPSA) is 75.3 Å². The first-order valence-electron chi connectivity index (χ1n) is 6.09. The lowest BCUT2D eigenvalue weighted by atomic mass is 10.1. The van der Waals surface area contributed by atoms with Crippen molar-refractivity contribution in [2.45, 2.75) is 13.5 Å². The van der Waals surface area contributed by atoms with E-state index in [9.17, 15) is 9.90 Å². The summed E-state index contributed by atoms with van der Waals surface area (Å²) in [7, 11) is 0. The van der Waals surface area contributed by atoms with Gasteiger partial charge >= 0.3 is 0 Å². The molecule has 0 fully saturated rings. The highest BCUT2D eigenvalue weighted by atomic mass is 79.9. The summed E-state index contributed by atoms with van der Waals surface area (Å²) in [6.07, 6.45) is 0. The maximum absolute atomic E-state index is 12.1. The Morgan fingerprint density at radius 3 is 2.85 bits per heavy atom. The Balaban J connectivity index is 2.13. The van der Waals surface area contributed by atoms with Crippen LogP contribution in [0.3, 0.4) is 0 Å². The second-order valence-corrected chi connectivity index (χ2v) is 5.39. The van der Waals surface area contributed by atoms with Crippen LogP contribution in [-0.4, -0.2) is 11.0 Å². The number of hydrogen-bond acceptors (Lipinski definition) is 3. The Labute approximate surface area is 125 Å². The Hall–Kier alpha value is -2.01. The van der Waals surface area contributed by atoms with E-state index in [0.717, 1.165) is 15.6 Å². The molecule has 0 unspecified atom stereocenters. The number of carbonyl (C=O) groups is 1. The molecule has 0 bridgehead atoms. The van der Waals surface area contributed by atoms with Gasteiger partial charge in [-0.15, -0.1) is 0 Å². The molecule has 0 aliphatic rings. The predicted molar refractivity (Wildman–Crippen MR) is 82.6 cm³/mol. The molecule has 0 saturated heterocycles. The van der Waals surface area contributed by atoms with E-state index in [2.05, 4.69) is 21.2 Å². The summed E-state index contributed by atoms with van der Waals surface area (Å²) < 4.78 is 0.737. The summed E-state index contributed by atoms with van der Waals surface area (Å²) in [5.41, 5.74) is 8.66.